The minimum Gasteiger partial charge on any atom is -0.497 e. The molecule has 4 aromatic rings. The predicted octanol–water partition coefficient (Wildman–Crippen LogP) is 6.59. The number of halogens is 1. The third kappa shape index (κ3) is 5.15. The smallest absolute Gasteiger partial charge is 0.261 e. The third-order valence-corrected chi connectivity index (χ3v) is 7.53. The van der Waals surface area contributed by atoms with Gasteiger partial charge in [0.1, 0.15) is 5.75 Å². The van der Waals surface area contributed by atoms with Crippen LogP contribution in [0.2, 0.25) is 5.02 Å². The van der Waals surface area contributed by atoms with Gasteiger partial charge in [-0.3, -0.25) is 4.72 Å². The third-order valence-electron chi connectivity index (χ3n) is 4.77. The van der Waals surface area contributed by atoms with Crippen molar-refractivity contribution in [2.45, 2.75) is 15.5 Å². The molecule has 0 unspecified atom stereocenters. The molecule has 0 aliphatic heterocycles. The van der Waals surface area contributed by atoms with Crippen LogP contribution < -0.4 is 9.46 Å². The van der Waals surface area contributed by atoms with Crippen molar-refractivity contribution in [2.24, 2.45) is 0 Å². The Bertz CT molecular complexity index is 1320. The zero-order valence-corrected chi connectivity index (χ0v) is 19.1. The van der Waals surface area contributed by atoms with E-state index in [2.05, 4.69) is 4.72 Å². The fourth-order valence-electron chi connectivity index (χ4n) is 3.12. The van der Waals surface area contributed by atoms with Gasteiger partial charge < -0.3 is 4.74 Å². The molecule has 0 bridgehead atoms. The molecule has 0 saturated carbocycles. The van der Waals surface area contributed by atoms with Gasteiger partial charge in [-0.15, -0.1) is 11.8 Å². The van der Waals surface area contributed by atoms with Gasteiger partial charge >= 0.3 is 0 Å². The van der Waals surface area contributed by atoms with Crippen LogP contribution in [-0.4, -0.2) is 15.5 Å². The highest BCUT2D eigenvalue weighted by Crippen LogP contribution is 2.32. The monoisotopic (exact) mass is 469 g/mol. The van der Waals surface area contributed by atoms with Gasteiger partial charge in [-0.1, -0.05) is 48.0 Å². The van der Waals surface area contributed by atoms with Gasteiger partial charge in [-0.05, 0) is 64.9 Å². The van der Waals surface area contributed by atoms with Crippen LogP contribution in [0.15, 0.2) is 94.7 Å². The fraction of sp³-hybridized carbons (Fsp3) is 0.0833. The van der Waals surface area contributed by atoms with Crippen LogP contribution in [0.4, 0.5) is 5.69 Å². The average Bonchev–Trinajstić information content (AvgIpc) is 2.78. The van der Waals surface area contributed by atoms with Crippen molar-refractivity contribution < 1.29 is 13.2 Å². The van der Waals surface area contributed by atoms with Crippen LogP contribution in [0.1, 0.15) is 5.56 Å². The Balaban J connectivity index is 1.56. The Labute approximate surface area is 191 Å². The number of anilines is 1. The van der Waals surface area contributed by atoms with Crippen molar-refractivity contribution >= 4 is 49.8 Å². The number of fused-ring (bicyclic) bond motifs is 1. The molecule has 0 saturated heterocycles. The van der Waals surface area contributed by atoms with Crippen molar-refractivity contribution in [2.75, 3.05) is 11.8 Å². The normalized spacial score (nSPS) is 11.4. The number of hydrogen-bond acceptors (Lipinski definition) is 4. The molecule has 0 spiro atoms. The van der Waals surface area contributed by atoms with Crippen molar-refractivity contribution in [1.29, 1.82) is 0 Å². The van der Waals surface area contributed by atoms with E-state index in [9.17, 15) is 8.42 Å². The van der Waals surface area contributed by atoms with Gasteiger partial charge in [0.2, 0.25) is 0 Å². The number of methoxy groups -OCH3 is 1. The van der Waals surface area contributed by atoms with Crippen molar-refractivity contribution in [3.05, 3.63) is 95.5 Å². The number of hydrogen-bond donors (Lipinski definition) is 1. The first-order valence-corrected chi connectivity index (χ1v) is 12.4. The molecule has 0 atom stereocenters. The van der Waals surface area contributed by atoms with Gasteiger partial charge in [0, 0.05) is 15.7 Å². The summed E-state index contributed by atoms with van der Waals surface area (Å²) in [5.74, 6) is 1.43. The first kappa shape index (κ1) is 21.6. The number of sulfonamides is 1. The van der Waals surface area contributed by atoms with E-state index >= 15 is 0 Å². The highest BCUT2D eigenvalue weighted by molar-refractivity contribution is 7.98. The maximum atomic E-state index is 13.1. The molecule has 7 heteroatoms. The summed E-state index contributed by atoms with van der Waals surface area (Å²) in [6.07, 6.45) is 0. The molecule has 0 aliphatic rings. The second-order valence-electron chi connectivity index (χ2n) is 6.89. The van der Waals surface area contributed by atoms with E-state index in [1.54, 1.807) is 43.1 Å². The van der Waals surface area contributed by atoms with Crippen LogP contribution in [0.5, 0.6) is 5.75 Å². The first-order chi connectivity index (χ1) is 14.9. The Morgan fingerprint density at radius 1 is 0.903 bits per heavy atom. The number of rotatable bonds is 7. The predicted molar refractivity (Wildman–Crippen MR) is 129 cm³/mol. The largest absolute Gasteiger partial charge is 0.497 e. The maximum Gasteiger partial charge on any atom is 0.261 e. The summed E-state index contributed by atoms with van der Waals surface area (Å²) in [7, 11) is -2.14. The Hall–Kier alpha value is -2.67. The number of para-hydroxylation sites is 1. The lowest BCUT2D eigenvalue weighted by Gasteiger charge is -2.13. The topological polar surface area (TPSA) is 55.4 Å². The fourth-order valence-corrected chi connectivity index (χ4v) is 5.39. The Kier molecular flexibility index (Phi) is 6.41. The van der Waals surface area contributed by atoms with Gasteiger partial charge in [-0.25, -0.2) is 8.42 Å². The summed E-state index contributed by atoms with van der Waals surface area (Å²) in [5.41, 5.74) is 1.66. The lowest BCUT2D eigenvalue weighted by Crippen LogP contribution is -2.13. The number of nitrogens with one attached hydrogen (secondary N) is 1. The van der Waals surface area contributed by atoms with Crippen LogP contribution in [-0.2, 0) is 15.8 Å². The van der Waals surface area contributed by atoms with Crippen molar-refractivity contribution in [1.82, 2.24) is 0 Å². The summed E-state index contributed by atoms with van der Waals surface area (Å²) < 4.78 is 34.1. The Morgan fingerprint density at radius 3 is 2.39 bits per heavy atom. The molecule has 0 aromatic heterocycles. The molecule has 0 amide bonds. The first-order valence-electron chi connectivity index (χ1n) is 9.51. The summed E-state index contributed by atoms with van der Waals surface area (Å²) in [5, 5.41) is 2.43. The molecular weight excluding hydrogens is 450 g/mol. The molecule has 0 radical (unpaired) electrons. The van der Waals surface area contributed by atoms with Crippen molar-refractivity contribution in [3.63, 3.8) is 0 Å². The second-order valence-corrected chi connectivity index (χ2v) is 10.0. The van der Waals surface area contributed by atoms with E-state index in [1.807, 2.05) is 60.7 Å². The number of ether oxygens (including phenoxy) is 1. The number of benzene rings is 4. The van der Waals surface area contributed by atoms with E-state index in [-0.39, 0.29) is 4.90 Å². The standard InChI is InChI=1S/C24H20ClNO3S2/c1-29-21-12-8-19-15-22(13-9-18(19)14-21)31(27,28)26-23-4-2-3-5-24(23)30-16-17-6-10-20(25)11-7-17/h2-15,26H,16H2,1H3. The van der Waals surface area contributed by atoms with E-state index in [1.165, 1.54) is 0 Å². The van der Waals surface area contributed by atoms with Gasteiger partial charge in [0.05, 0.1) is 17.7 Å². The molecule has 4 nitrogen and oxygen atoms in total. The zero-order chi connectivity index (χ0) is 21.8. The van der Waals surface area contributed by atoms with Crippen LogP contribution >= 0.6 is 23.4 Å². The summed E-state index contributed by atoms with van der Waals surface area (Å²) >= 11 is 7.51. The summed E-state index contributed by atoms with van der Waals surface area (Å²) in [4.78, 5) is 1.06. The summed E-state index contributed by atoms with van der Waals surface area (Å²) in [6.45, 7) is 0. The highest BCUT2D eigenvalue weighted by atomic mass is 35.5. The van der Waals surface area contributed by atoms with Gasteiger partial charge in [-0.2, -0.15) is 0 Å². The second kappa shape index (κ2) is 9.22. The quantitative estimate of drug-likeness (QED) is 0.310. The number of thioether (sulfide) groups is 1. The van der Waals surface area contributed by atoms with Crippen LogP contribution in [0, 0.1) is 0 Å². The summed E-state index contributed by atoms with van der Waals surface area (Å²) in [6, 6.07) is 25.6. The molecule has 0 aliphatic carbocycles. The molecular formula is C24H20ClNO3S2. The van der Waals surface area contributed by atoms with E-state index in [4.69, 9.17) is 16.3 Å². The molecule has 0 heterocycles. The SMILES string of the molecule is COc1ccc2cc(S(=O)(=O)Nc3ccccc3SCc3ccc(Cl)cc3)ccc2c1. The molecule has 0 fully saturated rings. The van der Waals surface area contributed by atoms with Crippen molar-refractivity contribution in [3.8, 4) is 5.75 Å². The minimum atomic E-state index is -3.74. The van der Waals surface area contributed by atoms with Gasteiger partial charge in [0.15, 0.2) is 0 Å². The molecule has 31 heavy (non-hydrogen) atoms. The lowest BCUT2D eigenvalue weighted by molar-refractivity contribution is 0.415. The molecule has 4 aromatic carbocycles. The lowest BCUT2D eigenvalue weighted by atomic mass is 10.1. The Morgan fingerprint density at radius 2 is 1.61 bits per heavy atom. The molecule has 1 N–H and O–H groups in total. The van der Waals surface area contributed by atoms with Gasteiger partial charge in [0.25, 0.3) is 10.0 Å². The van der Waals surface area contributed by atoms with Crippen LogP contribution in [0.3, 0.4) is 0 Å². The maximum absolute atomic E-state index is 13.1. The van der Waals surface area contributed by atoms with E-state index in [0.29, 0.717) is 16.5 Å². The highest BCUT2D eigenvalue weighted by Gasteiger charge is 2.17. The van der Waals surface area contributed by atoms with Crippen LogP contribution in [0.25, 0.3) is 10.8 Å². The zero-order valence-electron chi connectivity index (χ0n) is 16.7. The van der Waals surface area contributed by atoms with E-state index < -0.39 is 10.0 Å². The van der Waals surface area contributed by atoms with E-state index in [0.717, 1.165) is 27.0 Å². The molecule has 158 valence electrons. The molecule has 4 rings (SSSR count). The minimum absolute atomic E-state index is 0.211. The average molecular weight is 470 g/mol.